The van der Waals surface area contributed by atoms with Crippen molar-refractivity contribution in [1.82, 2.24) is 9.97 Å². The van der Waals surface area contributed by atoms with Crippen LogP contribution in [0.4, 0.5) is 5.69 Å². The summed E-state index contributed by atoms with van der Waals surface area (Å²) < 4.78 is 0. The van der Waals surface area contributed by atoms with Crippen molar-refractivity contribution in [2.75, 3.05) is 19.0 Å². The van der Waals surface area contributed by atoms with Crippen LogP contribution in [-0.2, 0) is 0 Å². The Labute approximate surface area is 69.7 Å². The molecule has 1 heterocycles. The average molecular weight is 167 g/mol. The largest absolute Gasteiger partial charge is 0.475 e. The van der Waals surface area contributed by atoms with E-state index in [1.165, 1.54) is 12.4 Å². The molecule has 0 unspecified atom stereocenters. The highest BCUT2D eigenvalue weighted by molar-refractivity contribution is 5.83. The number of carbonyl (C=O) groups is 1. The maximum atomic E-state index is 10.3. The summed E-state index contributed by atoms with van der Waals surface area (Å²) in [6, 6.07) is 0. The molecule has 1 aromatic heterocycles. The van der Waals surface area contributed by atoms with E-state index in [-0.39, 0.29) is 5.82 Å². The summed E-state index contributed by atoms with van der Waals surface area (Å²) in [6.07, 6.45) is 2.94. The number of carboxylic acid groups (broad SMARTS) is 1. The fourth-order valence-electron chi connectivity index (χ4n) is 0.663. The van der Waals surface area contributed by atoms with Gasteiger partial charge in [0.15, 0.2) is 0 Å². The van der Waals surface area contributed by atoms with Crippen molar-refractivity contribution >= 4 is 11.7 Å². The minimum absolute atomic E-state index is 0.180. The summed E-state index contributed by atoms with van der Waals surface area (Å²) in [6.45, 7) is 0. The lowest BCUT2D eigenvalue weighted by Gasteiger charge is -2.09. The highest BCUT2D eigenvalue weighted by Gasteiger charge is 2.05. The lowest BCUT2D eigenvalue weighted by Crippen LogP contribution is -2.11. The minimum Gasteiger partial charge on any atom is -0.475 e. The van der Waals surface area contributed by atoms with Crippen LogP contribution in [0, 0.1) is 0 Å². The second kappa shape index (κ2) is 3.17. The van der Waals surface area contributed by atoms with Gasteiger partial charge in [0, 0.05) is 14.1 Å². The van der Waals surface area contributed by atoms with E-state index in [4.69, 9.17) is 5.11 Å². The molecule has 0 radical (unpaired) electrons. The first kappa shape index (κ1) is 8.45. The molecule has 12 heavy (non-hydrogen) atoms. The van der Waals surface area contributed by atoms with E-state index in [0.717, 1.165) is 5.69 Å². The summed E-state index contributed by atoms with van der Waals surface area (Å²) in [5.41, 5.74) is 0.778. The van der Waals surface area contributed by atoms with Crippen LogP contribution in [0.5, 0.6) is 0 Å². The first-order valence-corrected chi connectivity index (χ1v) is 3.34. The Hall–Kier alpha value is -1.65. The zero-order chi connectivity index (χ0) is 9.14. The van der Waals surface area contributed by atoms with Crippen molar-refractivity contribution in [3.63, 3.8) is 0 Å². The average Bonchev–Trinajstić information content (AvgIpc) is 2.04. The van der Waals surface area contributed by atoms with Crippen LogP contribution in [0.3, 0.4) is 0 Å². The molecule has 0 aromatic carbocycles. The molecule has 0 bridgehead atoms. The van der Waals surface area contributed by atoms with Crippen LogP contribution in [0.25, 0.3) is 0 Å². The number of rotatable bonds is 2. The third-order valence-electron chi connectivity index (χ3n) is 1.35. The van der Waals surface area contributed by atoms with E-state index in [1.54, 1.807) is 4.90 Å². The Morgan fingerprint density at radius 3 is 2.25 bits per heavy atom. The number of aromatic nitrogens is 2. The standard InChI is InChI=1S/C7H9N3O2/c1-10(2)5-3-8-6(7(11)12)9-4-5/h3-4H,1-2H3,(H,11,12). The van der Waals surface area contributed by atoms with Crippen molar-refractivity contribution in [1.29, 1.82) is 0 Å². The van der Waals surface area contributed by atoms with E-state index < -0.39 is 5.97 Å². The van der Waals surface area contributed by atoms with E-state index in [0.29, 0.717) is 0 Å². The third-order valence-corrected chi connectivity index (χ3v) is 1.35. The summed E-state index contributed by atoms with van der Waals surface area (Å²) in [5.74, 6) is -1.29. The van der Waals surface area contributed by atoms with Crippen molar-refractivity contribution in [2.24, 2.45) is 0 Å². The lowest BCUT2D eigenvalue weighted by atomic mass is 10.5. The monoisotopic (exact) mass is 167 g/mol. The van der Waals surface area contributed by atoms with Gasteiger partial charge in [0.05, 0.1) is 18.1 Å². The van der Waals surface area contributed by atoms with Gasteiger partial charge in [0.2, 0.25) is 5.82 Å². The van der Waals surface area contributed by atoms with E-state index in [1.807, 2.05) is 14.1 Å². The van der Waals surface area contributed by atoms with Crippen LogP contribution >= 0.6 is 0 Å². The highest BCUT2D eigenvalue weighted by atomic mass is 16.4. The number of nitrogens with zero attached hydrogens (tertiary/aromatic N) is 3. The lowest BCUT2D eigenvalue weighted by molar-refractivity contribution is 0.0683. The summed E-state index contributed by atoms with van der Waals surface area (Å²) in [4.78, 5) is 19.4. The molecule has 1 N–H and O–H groups in total. The Morgan fingerprint density at radius 1 is 1.42 bits per heavy atom. The quantitative estimate of drug-likeness (QED) is 0.683. The molecule has 0 atom stereocenters. The molecule has 0 aliphatic rings. The normalized spacial score (nSPS) is 9.50. The van der Waals surface area contributed by atoms with Gasteiger partial charge in [-0.25, -0.2) is 14.8 Å². The molecular weight excluding hydrogens is 158 g/mol. The van der Waals surface area contributed by atoms with Crippen LogP contribution in [0.1, 0.15) is 10.6 Å². The molecule has 0 saturated carbocycles. The number of carboxylic acids is 1. The number of hydrogen-bond acceptors (Lipinski definition) is 4. The molecular formula is C7H9N3O2. The molecule has 0 fully saturated rings. The van der Waals surface area contributed by atoms with Gasteiger partial charge in [-0.2, -0.15) is 0 Å². The maximum Gasteiger partial charge on any atom is 0.373 e. The molecule has 0 aliphatic carbocycles. The Balaban J connectivity index is 2.93. The summed E-state index contributed by atoms with van der Waals surface area (Å²) >= 11 is 0. The first-order valence-electron chi connectivity index (χ1n) is 3.34. The number of aromatic carboxylic acids is 1. The van der Waals surface area contributed by atoms with Crippen molar-refractivity contribution in [2.45, 2.75) is 0 Å². The molecule has 0 aliphatic heterocycles. The molecule has 1 aromatic rings. The number of hydrogen-bond donors (Lipinski definition) is 1. The Bertz CT molecular complexity index is 281. The molecule has 5 heteroatoms. The molecule has 5 nitrogen and oxygen atoms in total. The van der Waals surface area contributed by atoms with Gasteiger partial charge in [-0.1, -0.05) is 0 Å². The van der Waals surface area contributed by atoms with Gasteiger partial charge >= 0.3 is 5.97 Å². The van der Waals surface area contributed by atoms with Crippen molar-refractivity contribution in [3.8, 4) is 0 Å². The maximum absolute atomic E-state index is 10.3. The van der Waals surface area contributed by atoms with Crippen LogP contribution < -0.4 is 4.90 Å². The smallest absolute Gasteiger partial charge is 0.373 e. The predicted molar refractivity (Wildman–Crippen MR) is 43.3 cm³/mol. The zero-order valence-electron chi connectivity index (χ0n) is 6.85. The first-order chi connectivity index (χ1) is 5.61. The Morgan fingerprint density at radius 2 is 1.92 bits per heavy atom. The molecule has 0 amide bonds. The van der Waals surface area contributed by atoms with Gasteiger partial charge < -0.3 is 10.0 Å². The third kappa shape index (κ3) is 1.69. The molecule has 0 saturated heterocycles. The van der Waals surface area contributed by atoms with Crippen molar-refractivity contribution < 1.29 is 9.90 Å². The SMILES string of the molecule is CN(C)c1cnc(C(=O)O)nc1. The molecule has 64 valence electrons. The van der Waals surface area contributed by atoms with Crippen molar-refractivity contribution in [3.05, 3.63) is 18.2 Å². The van der Waals surface area contributed by atoms with Crippen LogP contribution in [0.15, 0.2) is 12.4 Å². The second-order valence-corrected chi connectivity index (χ2v) is 2.46. The molecule has 1 rings (SSSR count). The van der Waals surface area contributed by atoms with E-state index in [9.17, 15) is 4.79 Å². The topological polar surface area (TPSA) is 66.3 Å². The summed E-state index contributed by atoms with van der Waals surface area (Å²) in [5, 5.41) is 8.48. The fourth-order valence-corrected chi connectivity index (χ4v) is 0.663. The van der Waals surface area contributed by atoms with E-state index in [2.05, 4.69) is 9.97 Å². The van der Waals surface area contributed by atoms with Gasteiger partial charge in [0.25, 0.3) is 0 Å². The van der Waals surface area contributed by atoms with Gasteiger partial charge in [-0.3, -0.25) is 0 Å². The number of anilines is 1. The van der Waals surface area contributed by atoms with Gasteiger partial charge in [-0.15, -0.1) is 0 Å². The van der Waals surface area contributed by atoms with Gasteiger partial charge in [0.1, 0.15) is 0 Å². The summed E-state index contributed by atoms with van der Waals surface area (Å²) in [7, 11) is 3.66. The van der Waals surface area contributed by atoms with E-state index >= 15 is 0 Å². The van der Waals surface area contributed by atoms with Crippen LogP contribution in [-0.4, -0.2) is 35.1 Å². The fraction of sp³-hybridized carbons (Fsp3) is 0.286. The molecule has 0 spiro atoms. The second-order valence-electron chi connectivity index (χ2n) is 2.46. The van der Waals surface area contributed by atoms with Gasteiger partial charge in [-0.05, 0) is 0 Å². The predicted octanol–water partition coefficient (Wildman–Crippen LogP) is 0.241. The van der Waals surface area contributed by atoms with Crippen LogP contribution in [0.2, 0.25) is 0 Å². The minimum atomic E-state index is -1.11. The highest BCUT2D eigenvalue weighted by Crippen LogP contribution is 2.05. The Kier molecular flexibility index (Phi) is 2.23. The zero-order valence-corrected chi connectivity index (χ0v) is 6.85.